The summed E-state index contributed by atoms with van der Waals surface area (Å²) in [7, 11) is 0. The molecule has 0 saturated carbocycles. The number of para-hydroxylation sites is 1. The summed E-state index contributed by atoms with van der Waals surface area (Å²) >= 11 is 0. The lowest BCUT2D eigenvalue weighted by atomic mass is 10.2. The van der Waals surface area contributed by atoms with Crippen LogP contribution < -0.4 is 10.2 Å². The van der Waals surface area contributed by atoms with Gasteiger partial charge in [-0.15, -0.1) is 0 Å². The number of benzene rings is 2. The van der Waals surface area contributed by atoms with Gasteiger partial charge in [0.15, 0.2) is 0 Å². The van der Waals surface area contributed by atoms with Crippen LogP contribution in [0, 0.1) is 0 Å². The number of aliphatic imine (C=N–C) groups is 1. The van der Waals surface area contributed by atoms with Gasteiger partial charge in [0.05, 0.1) is 16.9 Å². The molecule has 0 spiro atoms. The standard InChI is InChI=1S/C17H15N3O2/c21-19-12-18-14-7-9-16(10-8-14)22-11-15-6-5-13-3-1-2-4-17(13)20-15/h1-10,12,21H,11H2,(H,18,19). The highest BCUT2D eigenvalue weighted by Gasteiger charge is 2.00. The first-order valence-electron chi connectivity index (χ1n) is 6.85. The monoisotopic (exact) mass is 293 g/mol. The van der Waals surface area contributed by atoms with Gasteiger partial charge in [-0.25, -0.2) is 9.98 Å². The summed E-state index contributed by atoms with van der Waals surface area (Å²) in [6.45, 7) is 0.408. The maximum absolute atomic E-state index is 8.44. The molecular formula is C17H15N3O2. The molecule has 0 bridgehead atoms. The average Bonchev–Trinajstić information content (AvgIpc) is 2.59. The van der Waals surface area contributed by atoms with E-state index < -0.39 is 0 Å². The van der Waals surface area contributed by atoms with Gasteiger partial charge in [0.1, 0.15) is 18.7 Å². The van der Waals surface area contributed by atoms with E-state index in [9.17, 15) is 0 Å². The largest absolute Gasteiger partial charge is 0.487 e. The molecular weight excluding hydrogens is 278 g/mol. The zero-order chi connectivity index (χ0) is 15.2. The molecule has 5 nitrogen and oxygen atoms in total. The van der Waals surface area contributed by atoms with Crippen molar-refractivity contribution in [1.29, 1.82) is 0 Å². The fraction of sp³-hybridized carbons (Fsp3) is 0.0588. The lowest BCUT2D eigenvalue weighted by Gasteiger charge is -2.07. The predicted molar refractivity (Wildman–Crippen MR) is 85.6 cm³/mol. The first kappa shape index (κ1) is 14.0. The van der Waals surface area contributed by atoms with E-state index >= 15 is 0 Å². The van der Waals surface area contributed by atoms with Crippen molar-refractivity contribution in [2.45, 2.75) is 6.61 Å². The summed E-state index contributed by atoms with van der Waals surface area (Å²) < 4.78 is 5.72. The molecule has 1 aromatic heterocycles. The molecule has 0 amide bonds. The van der Waals surface area contributed by atoms with E-state index in [4.69, 9.17) is 9.94 Å². The van der Waals surface area contributed by atoms with E-state index in [0.29, 0.717) is 6.61 Å². The fourth-order valence-corrected chi connectivity index (χ4v) is 2.08. The Balaban J connectivity index is 1.67. The van der Waals surface area contributed by atoms with Crippen molar-refractivity contribution in [1.82, 2.24) is 10.5 Å². The topological polar surface area (TPSA) is 66.7 Å². The third kappa shape index (κ3) is 3.39. The minimum absolute atomic E-state index is 0.408. The number of fused-ring (bicyclic) bond motifs is 1. The first-order chi connectivity index (χ1) is 10.8. The summed E-state index contributed by atoms with van der Waals surface area (Å²) in [6, 6.07) is 19.3. The molecule has 0 aliphatic carbocycles. The highest BCUT2D eigenvalue weighted by molar-refractivity contribution is 5.78. The van der Waals surface area contributed by atoms with Crippen LogP contribution in [0.2, 0.25) is 0 Å². The average molecular weight is 293 g/mol. The van der Waals surface area contributed by atoms with Crippen molar-refractivity contribution in [3.05, 3.63) is 66.4 Å². The van der Waals surface area contributed by atoms with E-state index in [0.717, 1.165) is 28.0 Å². The summed E-state index contributed by atoms with van der Waals surface area (Å²) in [4.78, 5) is 8.53. The zero-order valence-electron chi connectivity index (χ0n) is 11.8. The van der Waals surface area contributed by atoms with Crippen molar-refractivity contribution < 1.29 is 9.94 Å². The Morgan fingerprint density at radius 2 is 1.86 bits per heavy atom. The smallest absolute Gasteiger partial charge is 0.130 e. The van der Waals surface area contributed by atoms with E-state index in [1.807, 2.05) is 54.0 Å². The molecule has 110 valence electrons. The fourth-order valence-electron chi connectivity index (χ4n) is 2.08. The Hall–Kier alpha value is -2.92. The number of pyridine rings is 1. The molecule has 2 N–H and O–H groups in total. The lowest BCUT2D eigenvalue weighted by molar-refractivity contribution is 0.240. The van der Waals surface area contributed by atoms with Crippen LogP contribution in [0.1, 0.15) is 5.69 Å². The number of ether oxygens (including phenoxy) is 1. The molecule has 3 aromatic rings. The Morgan fingerprint density at radius 1 is 1.05 bits per heavy atom. The molecule has 5 heteroatoms. The molecule has 0 unspecified atom stereocenters. The second kappa shape index (κ2) is 6.69. The van der Waals surface area contributed by atoms with E-state index in [2.05, 4.69) is 9.98 Å². The van der Waals surface area contributed by atoms with Crippen LogP contribution in [0.15, 0.2) is 65.7 Å². The molecule has 0 radical (unpaired) electrons. The minimum atomic E-state index is 0.408. The Morgan fingerprint density at radius 3 is 2.68 bits per heavy atom. The summed E-state index contributed by atoms with van der Waals surface area (Å²) in [5.74, 6) is 0.742. The lowest BCUT2D eigenvalue weighted by Crippen LogP contribution is -2.00. The number of nitrogens with one attached hydrogen (secondary N) is 1. The van der Waals surface area contributed by atoms with Crippen molar-refractivity contribution >= 4 is 22.9 Å². The third-order valence-corrected chi connectivity index (χ3v) is 3.15. The van der Waals surface area contributed by atoms with Crippen LogP contribution in [0.25, 0.3) is 10.9 Å². The van der Waals surface area contributed by atoms with Gasteiger partial charge in [0.25, 0.3) is 0 Å². The quantitative estimate of drug-likeness (QED) is 0.429. The number of aromatic nitrogens is 1. The number of hydrogen-bond acceptors (Lipinski definition) is 4. The molecule has 0 aliphatic heterocycles. The SMILES string of the molecule is ONC=Nc1ccc(OCc2ccc3ccccc3n2)cc1. The first-order valence-corrected chi connectivity index (χ1v) is 6.85. The molecule has 0 atom stereocenters. The molecule has 0 aliphatic rings. The van der Waals surface area contributed by atoms with E-state index in [-0.39, 0.29) is 0 Å². The zero-order valence-corrected chi connectivity index (χ0v) is 11.8. The van der Waals surface area contributed by atoms with Gasteiger partial charge in [-0.2, -0.15) is 0 Å². The normalized spacial score (nSPS) is 11.0. The van der Waals surface area contributed by atoms with Crippen molar-refractivity contribution in [2.24, 2.45) is 4.99 Å². The van der Waals surface area contributed by atoms with Gasteiger partial charge in [-0.05, 0) is 36.4 Å². The van der Waals surface area contributed by atoms with Gasteiger partial charge >= 0.3 is 0 Å². The van der Waals surface area contributed by atoms with Gasteiger partial charge in [0.2, 0.25) is 0 Å². The minimum Gasteiger partial charge on any atom is -0.487 e. The van der Waals surface area contributed by atoms with Crippen LogP contribution >= 0.6 is 0 Å². The molecule has 1 heterocycles. The molecule has 0 fully saturated rings. The predicted octanol–water partition coefficient (Wildman–Crippen LogP) is 3.45. The number of rotatable bonds is 5. The van der Waals surface area contributed by atoms with Crippen LogP contribution in [-0.2, 0) is 6.61 Å². The number of hydrogen-bond donors (Lipinski definition) is 2. The van der Waals surface area contributed by atoms with E-state index in [1.165, 1.54) is 6.34 Å². The van der Waals surface area contributed by atoms with Crippen molar-refractivity contribution in [3.8, 4) is 5.75 Å². The Kier molecular flexibility index (Phi) is 4.27. The highest BCUT2D eigenvalue weighted by Crippen LogP contribution is 2.19. The highest BCUT2D eigenvalue weighted by atomic mass is 16.5. The van der Waals surface area contributed by atoms with Crippen molar-refractivity contribution in [3.63, 3.8) is 0 Å². The van der Waals surface area contributed by atoms with Gasteiger partial charge in [0, 0.05) is 5.39 Å². The molecule has 0 saturated heterocycles. The number of hydroxylamine groups is 1. The summed E-state index contributed by atoms with van der Waals surface area (Å²) in [6.07, 6.45) is 1.20. The second-order valence-corrected chi connectivity index (χ2v) is 4.67. The van der Waals surface area contributed by atoms with Gasteiger partial charge in [-0.1, -0.05) is 24.3 Å². The van der Waals surface area contributed by atoms with Gasteiger partial charge < -0.3 is 4.74 Å². The Bertz CT molecular complexity index is 785. The molecule has 2 aromatic carbocycles. The number of nitrogens with zero attached hydrogens (tertiary/aromatic N) is 2. The second-order valence-electron chi connectivity index (χ2n) is 4.67. The summed E-state index contributed by atoms with van der Waals surface area (Å²) in [5, 5.41) is 9.55. The molecule has 3 rings (SSSR count). The van der Waals surface area contributed by atoms with Gasteiger partial charge in [-0.3, -0.25) is 10.7 Å². The maximum Gasteiger partial charge on any atom is 0.130 e. The Labute approximate surface area is 127 Å². The van der Waals surface area contributed by atoms with Crippen LogP contribution in [-0.4, -0.2) is 16.5 Å². The van der Waals surface area contributed by atoms with Crippen LogP contribution in [0.4, 0.5) is 5.69 Å². The molecule has 22 heavy (non-hydrogen) atoms. The van der Waals surface area contributed by atoms with Crippen molar-refractivity contribution in [2.75, 3.05) is 0 Å². The summed E-state index contributed by atoms with van der Waals surface area (Å²) in [5.41, 5.74) is 4.42. The van der Waals surface area contributed by atoms with Crippen LogP contribution in [0.5, 0.6) is 5.75 Å². The maximum atomic E-state index is 8.44. The van der Waals surface area contributed by atoms with E-state index in [1.54, 1.807) is 12.1 Å². The third-order valence-electron chi connectivity index (χ3n) is 3.15. The van der Waals surface area contributed by atoms with Crippen LogP contribution in [0.3, 0.4) is 0 Å².